The number of Topliss-reactive ketones (excluding diaryl/α,β-unsaturated/α-hetero) is 1. The van der Waals surface area contributed by atoms with Gasteiger partial charge in [0.25, 0.3) is 0 Å². The predicted octanol–water partition coefficient (Wildman–Crippen LogP) is 2.92. The summed E-state index contributed by atoms with van der Waals surface area (Å²) >= 11 is 0. The number of hydrogen-bond donors (Lipinski definition) is 3. The fourth-order valence-corrected chi connectivity index (χ4v) is 4.42. The fraction of sp³-hybridized carbons (Fsp3) is 0.500. The molecule has 0 unspecified atom stereocenters. The van der Waals surface area contributed by atoms with E-state index in [2.05, 4.69) is 26.0 Å². The highest BCUT2D eigenvalue weighted by atomic mass is 16.5. The zero-order valence-electron chi connectivity index (χ0n) is 27.8. The summed E-state index contributed by atoms with van der Waals surface area (Å²) in [7, 11) is 0. The third-order valence-corrected chi connectivity index (χ3v) is 6.92. The Morgan fingerprint density at radius 3 is 1.84 bits per heavy atom. The van der Waals surface area contributed by atoms with Crippen LogP contribution in [0.5, 0.6) is 0 Å². The molecular weight excluding hydrogens is 636 g/mol. The maximum atomic E-state index is 13.0. The van der Waals surface area contributed by atoms with Crippen LogP contribution in [0.4, 0.5) is 0 Å². The first-order chi connectivity index (χ1) is 23.8. The summed E-state index contributed by atoms with van der Waals surface area (Å²) in [6, 6.07) is 16.6. The molecule has 0 spiro atoms. The van der Waals surface area contributed by atoms with Gasteiger partial charge in [-0.1, -0.05) is 65.8 Å². The van der Waals surface area contributed by atoms with Crippen LogP contribution in [0.15, 0.2) is 65.8 Å². The van der Waals surface area contributed by atoms with Crippen molar-refractivity contribution in [2.75, 3.05) is 46.1 Å². The van der Waals surface area contributed by atoms with Crippen molar-refractivity contribution in [3.8, 4) is 0 Å². The van der Waals surface area contributed by atoms with Crippen LogP contribution in [-0.2, 0) is 56.1 Å². The number of nitrogens with one attached hydrogen (secondary N) is 3. The Balaban J connectivity index is 1.84. The van der Waals surface area contributed by atoms with E-state index in [1.165, 1.54) is 6.92 Å². The summed E-state index contributed by atoms with van der Waals surface area (Å²) in [5.74, 6) is -2.11. The molecule has 15 heteroatoms. The highest BCUT2D eigenvalue weighted by Gasteiger charge is 2.23. The first-order valence-corrected chi connectivity index (χ1v) is 16.1. The largest absolute Gasteiger partial charge is 0.461 e. The van der Waals surface area contributed by atoms with E-state index < -0.39 is 35.8 Å². The molecule has 0 aliphatic heterocycles. The van der Waals surface area contributed by atoms with E-state index in [1.54, 1.807) is 0 Å². The molecule has 15 nitrogen and oxygen atoms in total. The van der Waals surface area contributed by atoms with Gasteiger partial charge in [-0.15, -0.1) is 0 Å². The predicted molar refractivity (Wildman–Crippen MR) is 179 cm³/mol. The SMILES string of the molecule is CC(=O)N[C@@H](CCC(=O)OCc1ccccc1)C(=O)CCN[C@H](CCC(=O)OCc1ccccc1)C(=O)NCCOCCOCCN=[N+]=[N-]. The number of hydrogen-bond acceptors (Lipinski definition) is 11. The number of carbonyl (C=O) groups excluding carboxylic acids is 5. The molecule has 0 bridgehead atoms. The molecule has 266 valence electrons. The average Bonchev–Trinajstić information content (AvgIpc) is 3.11. The van der Waals surface area contributed by atoms with Crippen molar-refractivity contribution in [3.05, 3.63) is 82.2 Å². The van der Waals surface area contributed by atoms with Gasteiger partial charge >= 0.3 is 11.9 Å². The van der Waals surface area contributed by atoms with Crippen LogP contribution in [0.3, 0.4) is 0 Å². The van der Waals surface area contributed by atoms with Crippen LogP contribution in [0.2, 0.25) is 0 Å². The maximum absolute atomic E-state index is 13.0. The normalized spacial score (nSPS) is 11.8. The Hall–Kier alpha value is -4.82. The van der Waals surface area contributed by atoms with Crippen LogP contribution >= 0.6 is 0 Å². The molecule has 2 rings (SSSR count). The molecule has 0 saturated heterocycles. The minimum atomic E-state index is -0.913. The Bertz CT molecular complexity index is 1340. The van der Waals surface area contributed by atoms with Crippen LogP contribution < -0.4 is 16.0 Å². The quantitative estimate of drug-likeness (QED) is 0.0435. The van der Waals surface area contributed by atoms with E-state index in [0.29, 0.717) is 6.61 Å². The number of ketones is 1. The average molecular weight is 683 g/mol. The Labute approximate surface area is 286 Å². The van der Waals surface area contributed by atoms with Crippen LogP contribution in [0.25, 0.3) is 10.4 Å². The van der Waals surface area contributed by atoms with E-state index in [-0.39, 0.29) is 90.6 Å². The third-order valence-electron chi connectivity index (χ3n) is 6.92. The lowest BCUT2D eigenvalue weighted by Crippen LogP contribution is -2.47. The van der Waals surface area contributed by atoms with Gasteiger partial charge in [0.15, 0.2) is 5.78 Å². The smallest absolute Gasteiger partial charge is 0.306 e. The van der Waals surface area contributed by atoms with Crippen molar-refractivity contribution in [1.82, 2.24) is 16.0 Å². The summed E-state index contributed by atoms with van der Waals surface area (Å²) in [6.45, 7) is 3.06. The van der Waals surface area contributed by atoms with Crippen molar-refractivity contribution < 1.29 is 42.9 Å². The Morgan fingerprint density at radius 2 is 1.29 bits per heavy atom. The number of azide groups is 1. The standard InChI is InChI=1S/C34H46N6O9/c1-26(41)39-29(12-14-32(43)48-24-27-8-4-2-5-9-27)31(42)16-17-36-30(13-15-33(44)49-25-28-10-6-3-7-11-28)34(45)37-18-20-46-22-23-47-21-19-38-40-35/h2-11,29-30,36H,12-25H2,1H3,(H,37,45)(H,39,41)/t29-,30+/m0/s1. The zero-order chi connectivity index (χ0) is 35.5. The number of benzene rings is 2. The lowest BCUT2D eigenvalue weighted by Gasteiger charge is -2.20. The number of ether oxygens (including phenoxy) is 4. The van der Waals surface area contributed by atoms with Crippen molar-refractivity contribution >= 4 is 29.5 Å². The number of esters is 2. The molecule has 3 N–H and O–H groups in total. The van der Waals surface area contributed by atoms with Gasteiger partial charge in [-0.05, 0) is 29.5 Å². The lowest BCUT2D eigenvalue weighted by atomic mass is 10.0. The molecular formula is C34H46N6O9. The van der Waals surface area contributed by atoms with Crippen molar-refractivity contribution in [3.63, 3.8) is 0 Å². The number of rotatable bonds is 26. The third kappa shape index (κ3) is 19.6. The molecule has 0 fully saturated rings. The van der Waals surface area contributed by atoms with Gasteiger partial charge < -0.3 is 34.9 Å². The molecule has 49 heavy (non-hydrogen) atoms. The lowest BCUT2D eigenvalue weighted by molar-refractivity contribution is -0.146. The summed E-state index contributed by atoms with van der Waals surface area (Å²) < 4.78 is 21.3. The molecule has 2 aromatic carbocycles. The topological polar surface area (TPSA) is 207 Å². The first-order valence-electron chi connectivity index (χ1n) is 16.1. The minimum Gasteiger partial charge on any atom is -0.461 e. The molecule has 2 amide bonds. The fourth-order valence-electron chi connectivity index (χ4n) is 4.42. The second-order valence-corrected chi connectivity index (χ2v) is 10.8. The van der Waals surface area contributed by atoms with Gasteiger partial charge in [-0.2, -0.15) is 0 Å². The van der Waals surface area contributed by atoms with Crippen molar-refractivity contribution in [2.24, 2.45) is 5.11 Å². The monoisotopic (exact) mass is 682 g/mol. The molecule has 0 aliphatic carbocycles. The summed E-state index contributed by atoms with van der Waals surface area (Å²) in [5.41, 5.74) is 9.92. The number of amides is 2. The minimum absolute atomic E-state index is 0.0465. The van der Waals surface area contributed by atoms with Gasteiger partial charge in [0.1, 0.15) is 13.2 Å². The zero-order valence-corrected chi connectivity index (χ0v) is 27.8. The number of carbonyl (C=O) groups is 5. The molecule has 0 aliphatic rings. The van der Waals surface area contributed by atoms with E-state index in [1.807, 2.05) is 60.7 Å². The van der Waals surface area contributed by atoms with Gasteiger partial charge in [0, 0.05) is 50.7 Å². The van der Waals surface area contributed by atoms with Gasteiger partial charge in [0.2, 0.25) is 11.8 Å². The highest BCUT2D eigenvalue weighted by molar-refractivity contribution is 5.89. The van der Waals surface area contributed by atoms with Crippen LogP contribution in [0.1, 0.15) is 50.2 Å². The van der Waals surface area contributed by atoms with E-state index in [9.17, 15) is 24.0 Å². The molecule has 0 heterocycles. The maximum Gasteiger partial charge on any atom is 0.306 e. The second-order valence-electron chi connectivity index (χ2n) is 10.8. The van der Waals surface area contributed by atoms with Gasteiger partial charge in [-0.3, -0.25) is 24.0 Å². The number of nitrogens with zero attached hydrogens (tertiary/aromatic N) is 3. The van der Waals surface area contributed by atoms with E-state index in [0.717, 1.165) is 11.1 Å². The van der Waals surface area contributed by atoms with Crippen molar-refractivity contribution in [1.29, 1.82) is 0 Å². The first kappa shape index (κ1) is 40.4. The summed E-state index contributed by atoms with van der Waals surface area (Å²) in [5, 5.41) is 11.8. The second kappa shape index (κ2) is 25.2. The highest BCUT2D eigenvalue weighted by Crippen LogP contribution is 2.08. The molecule has 2 aromatic rings. The summed E-state index contributed by atoms with van der Waals surface area (Å²) in [6.07, 6.45) is -0.000830. The van der Waals surface area contributed by atoms with Gasteiger partial charge in [-0.25, -0.2) is 0 Å². The van der Waals surface area contributed by atoms with Crippen LogP contribution in [0, 0.1) is 0 Å². The molecule has 2 atom stereocenters. The Morgan fingerprint density at radius 1 is 0.735 bits per heavy atom. The summed E-state index contributed by atoms with van der Waals surface area (Å²) in [4.78, 5) is 65.3. The Kier molecular flexibility index (Phi) is 20.8. The van der Waals surface area contributed by atoms with E-state index >= 15 is 0 Å². The molecule has 0 saturated carbocycles. The molecule has 0 aromatic heterocycles. The van der Waals surface area contributed by atoms with Gasteiger partial charge in [0.05, 0.1) is 38.5 Å². The molecule has 0 radical (unpaired) electrons. The van der Waals surface area contributed by atoms with E-state index in [4.69, 9.17) is 24.5 Å². The van der Waals surface area contributed by atoms with Crippen LogP contribution in [-0.4, -0.2) is 87.7 Å². The van der Waals surface area contributed by atoms with Crippen molar-refractivity contribution in [2.45, 2.75) is 64.3 Å².